The highest BCUT2D eigenvalue weighted by Crippen LogP contribution is 2.25. The maximum atomic E-state index is 5.54. The number of hydrogen-bond donors (Lipinski definition) is 2. The molecule has 1 heterocycles. The SMILES string of the molecule is CC(CCN)CNCc1csc2ccccc12. The van der Waals surface area contributed by atoms with Gasteiger partial charge in [0.1, 0.15) is 0 Å². The van der Waals surface area contributed by atoms with Crippen molar-refractivity contribution in [2.75, 3.05) is 13.1 Å². The standard InChI is InChI=1S/C14H20N2S/c1-11(6-7-15)8-16-9-12-10-17-14-5-3-2-4-13(12)14/h2-5,10-11,16H,6-9,15H2,1H3. The van der Waals surface area contributed by atoms with Crippen molar-refractivity contribution in [1.29, 1.82) is 0 Å². The molecule has 92 valence electrons. The van der Waals surface area contributed by atoms with E-state index in [-0.39, 0.29) is 0 Å². The van der Waals surface area contributed by atoms with Crippen LogP contribution in [0.2, 0.25) is 0 Å². The van der Waals surface area contributed by atoms with Crippen LogP contribution in [0.1, 0.15) is 18.9 Å². The van der Waals surface area contributed by atoms with Crippen molar-refractivity contribution in [2.45, 2.75) is 19.9 Å². The molecule has 0 bridgehead atoms. The van der Waals surface area contributed by atoms with E-state index in [1.165, 1.54) is 15.6 Å². The van der Waals surface area contributed by atoms with Gasteiger partial charge in [-0.2, -0.15) is 0 Å². The third-order valence-electron chi connectivity index (χ3n) is 3.03. The van der Waals surface area contributed by atoms with Crippen molar-refractivity contribution in [2.24, 2.45) is 11.7 Å². The van der Waals surface area contributed by atoms with Crippen LogP contribution < -0.4 is 11.1 Å². The van der Waals surface area contributed by atoms with E-state index in [1.807, 2.05) is 11.3 Å². The smallest absolute Gasteiger partial charge is 0.0346 e. The van der Waals surface area contributed by atoms with Crippen LogP contribution in [0.15, 0.2) is 29.6 Å². The van der Waals surface area contributed by atoms with Crippen molar-refractivity contribution in [1.82, 2.24) is 5.32 Å². The first-order chi connectivity index (χ1) is 8.31. The molecule has 2 rings (SSSR count). The second-order valence-corrected chi connectivity index (χ2v) is 5.48. The van der Waals surface area contributed by atoms with E-state index in [0.29, 0.717) is 5.92 Å². The summed E-state index contributed by atoms with van der Waals surface area (Å²) in [6.07, 6.45) is 1.09. The zero-order chi connectivity index (χ0) is 12.1. The summed E-state index contributed by atoms with van der Waals surface area (Å²) in [6.45, 7) is 5.02. The van der Waals surface area contributed by atoms with Crippen LogP contribution in [0, 0.1) is 5.92 Å². The van der Waals surface area contributed by atoms with Gasteiger partial charge in [-0.05, 0) is 47.8 Å². The lowest BCUT2D eigenvalue weighted by Gasteiger charge is -2.10. The summed E-state index contributed by atoms with van der Waals surface area (Å²) in [5.41, 5.74) is 6.95. The first-order valence-electron chi connectivity index (χ1n) is 6.17. The monoisotopic (exact) mass is 248 g/mol. The molecule has 1 aromatic carbocycles. The molecule has 0 spiro atoms. The van der Waals surface area contributed by atoms with Crippen LogP contribution in [0.4, 0.5) is 0 Å². The summed E-state index contributed by atoms with van der Waals surface area (Å²) >= 11 is 1.82. The topological polar surface area (TPSA) is 38.0 Å². The Morgan fingerprint density at radius 1 is 1.35 bits per heavy atom. The molecule has 0 aliphatic rings. The van der Waals surface area contributed by atoms with E-state index in [0.717, 1.165) is 26.1 Å². The fourth-order valence-corrected chi connectivity index (χ4v) is 2.97. The van der Waals surface area contributed by atoms with Gasteiger partial charge < -0.3 is 11.1 Å². The van der Waals surface area contributed by atoms with Gasteiger partial charge in [-0.15, -0.1) is 11.3 Å². The number of fused-ring (bicyclic) bond motifs is 1. The van der Waals surface area contributed by atoms with Crippen LogP contribution in [0.5, 0.6) is 0 Å². The first-order valence-corrected chi connectivity index (χ1v) is 7.05. The molecule has 17 heavy (non-hydrogen) atoms. The van der Waals surface area contributed by atoms with Crippen molar-refractivity contribution in [3.05, 3.63) is 35.2 Å². The van der Waals surface area contributed by atoms with Crippen LogP contribution >= 0.6 is 11.3 Å². The summed E-state index contributed by atoms with van der Waals surface area (Å²) in [5, 5.41) is 7.16. The Morgan fingerprint density at radius 3 is 3.00 bits per heavy atom. The van der Waals surface area contributed by atoms with Gasteiger partial charge in [-0.3, -0.25) is 0 Å². The number of hydrogen-bond acceptors (Lipinski definition) is 3. The Morgan fingerprint density at radius 2 is 2.18 bits per heavy atom. The molecule has 1 aromatic heterocycles. The average Bonchev–Trinajstić information content (AvgIpc) is 2.73. The number of rotatable bonds is 6. The molecule has 0 fully saturated rings. The highest BCUT2D eigenvalue weighted by molar-refractivity contribution is 7.17. The van der Waals surface area contributed by atoms with Gasteiger partial charge >= 0.3 is 0 Å². The van der Waals surface area contributed by atoms with E-state index in [1.54, 1.807) is 0 Å². The van der Waals surface area contributed by atoms with E-state index in [4.69, 9.17) is 5.73 Å². The first kappa shape index (κ1) is 12.6. The summed E-state index contributed by atoms with van der Waals surface area (Å²) in [7, 11) is 0. The fourth-order valence-electron chi connectivity index (χ4n) is 2.01. The highest BCUT2D eigenvalue weighted by Gasteiger charge is 2.04. The maximum Gasteiger partial charge on any atom is 0.0346 e. The molecule has 0 saturated carbocycles. The van der Waals surface area contributed by atoms with Gasteiger partial charge in [-0.1, -0.05) is 25.1 Å². The zero-order valence-electron chi connectivity index (χ0n) is 10.3. The predicted octanol–water partition coefficient (Wildman–Crippen LogP) is 2.98. The molecule has 0 amide bonds. The highest BCUT2D eigenvalue weighted by atomic mass is 32.1. The van der Waals surface area contributed by atoms with Gasteiger partial charge in [0, 0.05) is 11.2 Å². The molecule has 1 atom stereocenters. The van der Waals surface area contributed by atoms with Crippen LogP contribution in [0.3, 0.4) is 0 Å². The fraction of sp³-hybridized carbons (Fsp3) is 0.429. The van der Waals surface area contributed by atoms with Gasteiger partial charge in [0.25, 0.3) is 0 Å². The van der Waals surface area contributed by atoms with Gasteiger partial charge in [0.05, 0.1) is 0 Å². The normalized spacial score (nSPS) is 13.1. The zero-order valence-corrected chi connectivity index (χ0v) is 11.1. The molecular weight excluding hydrogens is 228 g/mol. The lowest BCUT2D eigenvalue weighted by molar-refractivity contribution is 0.487. The molecule has 3 N–H and O–H groups in total. The third-order valence-corrected chi connectivity index (χ3v) is 4.04. The van der Waals surface area contributed by atoms with Crippen molar-refractivity contribution < 1.29 is 0 Å². The summed E-state index contributed by atoms with van der Waals surface area (Å²) in [5.74, 6) is 0.657. The quantitative estimate of drug-likeness (QED) is 0.825. The second-order valence-electron chi connectivity index (χ2n) is 4.57. The largest absolute Gasteiger partial charge is 0.330 e. The van der Waals surface area contributed by atoms with E-state index in [2.05, 4.69) is 41.9 Å². The second kappa shape index (κ2) is 6.15. The molecule has 0 aliphatic carbocycles. The Hall–Kier alpha value is -0.900. The molecule has 0 aliphatic heterocycles. The number of nitrogens with one attached hydrogen (secondary N) is 1. The molecule has 2 aromatic rings. The Labute approximate surface area is 107 Å². The number of thiophene rings is 1. The minimum Gasteiger partial charge on any atom is -0.330 e. The van der Waals surface area contributed by atoms with Gasteiger partial charge in [0.2, 0.25) is 0 Å². The molecule has 0 saturated heterocycles. The third kappa shape index (κ3) is 3.28. The van der Waals surface area contributed by atoms with E-state index >= 15 is 0 Å². The lowest BCUT2D eigenvalue weighted by atomic mass is 10.1. The summed E-state index contributed by atoms with van der Waals surface area (Å²) in [6, 6.07) is 8.58. The van der Waals surface area contributed by atoms with E-state index in [9.17, 15) is 0 Å². The minimum absolute atomic E-state index is 0.657. The number of benzene rings is 1. The maximum absolute atomic E-state index is 5.54. The molecule has 0 radical (unpaired) electrons. The van der Waals surface area contributed by atoms with Crippen LogP contribution in [-0.2, 0) is 6.54 Å². The van der Waals surface area contributed by atoms with Crippen molar-refractivity contribution in [3.63, 3.8) is 0 Å². The summed E-state index contributed by atoms with van der Waals surface area (Å²) < 4.78 is 1.37. The number of nitrogens with two attached hydrogens (primary N) is 1. The van der Waals surface area contributed by atoms with Gasteiger partial charge in [-0.25, -0.2) is 0 Å². The van der Waals surface area contributed by atoms with Crippen LogP contribution in [-0.4, -0.2) is 13.1 Å². The van der Waals surface area contributed by atoms with Crippen LogP contribution in [0.25, 0.3) is 10.1 Å². The molecular formula is C14H20N2S. The lowest BCUT2D eigenvalue weighted by Crippen LogP contribution is -2.22. The summed E-state index contributed by atoms with van der Waals surface area (Å²) in [4.78, 5) is 0. The predicted molar refractivity (Wildman–Crippen MR) is 76.4 cm³/mol. The Kier molecular flexibility index (Phi) is 4.54. The van der Waals surface area contributed by atoms with Crippen molar-refractivity contribution >= 4 is 21.4 Å². The Balaban J connectivity index is 1.91. The average molecular weight is 248 g/mol. The van der Waals surface area contributed by atoms with E-state index < -0.39 is 0 Å². The molecule has 1 unspecified atom stereocenters. The Bertz CT molecular complexity index is 464. The molecule has 3 heteroatoms. The van der Waals surface area contributed by atoms with Gasteiger partial charge in [0.15, 0.2) is 0 Å². The molecule has 2 nitrogen and oxygen atoms in total. The minimum atomic E-state index is 0.657. The van der Waals surface area contributed by atoms with Crippen molar-refractivity contribution in [3.8, 4) is 0 Å².